The van der Waals surface area contributed by atoms with Crippen molar-refractivity contribution in [3.05, 3.63) is 67.9 Å². The Morgan fingerprint density at radius 1 is 0.750 bits per heavy atom. The third kappa shape index (κ3) is 3.13. The number of halogens is 3. The van der Waals surface area contributed by atoms with Crippen LogP contribution in [0.1, 0.15) is 22.3 Å². The standard InChI is InChI=1S/C19H19Br2N2.ClH/c1-12-7-16(20)8-13(2)18(12)23(6-5-22-11-23)19-14(3)9-17(21)10-15(19)4;/h5-11H,1-4H3;1H/q+1;/p-1. The molecule has 0 aromatic heterocycles. The van der Waals surface area contributed by atoms with Crippen molar-refractivity contribution in [2.24, 2.45) is 4.99 Å². The van der Waals surface area contributed by atoms with Gasteiger partial charge in [-0.25, -0.2) is 4.99 Å². The first-order valence-corrected chi connectivity index (χ1v) is 9.09. The Bertz CT molecular complexity index is 739. The summed E-state index contributed by atoms with van der Waals surface area (Å²) >= 11 is 7.21. The smallest absolute Gasteiger partial charge is 0.205 e. The summed E-state index contributed by atoms with van der Waals surface area (Å²) in [5, 5.41) is 0. The van der Waals surface area contributed by atoms with Crippen LogP contribution in [0.3, 0.4) is 0 Å². The van der Waals surface area contributed by atoms with Crippen molar-refractivity contribution in [2.75, 3.05) is 0 Å². The van der Waals surface area contributed by atoms with Gasteiger partial charge in [-0.3, -0.25) is 0 Å². The number of nitrogens with zero attached hydrogens (tertiary/aromatic N) is 2. The zero-order chi connectivity index (χ0) is 16.8. The van der Waals surface area contributed by atoms with Gasteiger partial charge >= 0.3 is 0 Å². The van der Waals surface area contributed by atoms with Gasteiger partial charge in [0, 0.05) is 31.2 Å². The summed E-state index contributed by atoms with van der Waals surface area (Å²) in [4.78, 5) is 4.44. The molecule has 0 saturated carbocycles. The monoisotopic (exact) mass is 468 g/mol. The molecular formula is C19H19Br2ClN2. The molecule has 2 aromatic rings. The number of hydrogen-bond acceptors (Lipinski definition) is 1. The van der Waals surface area contributed by atoms with Gasteiger partial charge in [0.25, 0.3) is 0 Å². The Hall–Kier alpha value is -0.940. The summed E-state index contributed by atoms with van der Waals surface area (Å²) in [6.45, 7) is 8.65. The fourth-order valence-electron chi connectivity index (χ4n) is 3.68. The topological polar surface area (TPSA) is 12.4 Å². The fourth-order valence-corrected chi connectivity index (χ4v) is 5.05. The quantitative estimate of drug-likeness (QED) is 0.595. The summed E-state index contributed by atoms with van der Waals surface area (Å²) < 4.78 is 2.76. The molecule has 126 valence electrons. The fraction of sp³-hybridized carbons (Fsp3) is 0.211. The van der Waals surface area contributed by atoms with Crippen LogP contribution in [0.5, 0.6) is 0 Å². The molecule has 1 aliphatic rings. The summed E-state index contributed by atoms with van der Waals surface area (Å²) in [6.07, 6.45) is 6.07. The Labute approximate surface area is 166 Å². The normalized spacial score (nSPS) is 14.8. The Morgan fingerprint density at radius 3 is 1.42 bits per heavy atom. The maximum absolute atomic E-state index is 4.44. The average Bonchev–Trinajstić information content (AvgIpc) is 2.85. The van der Waals surface area contributed by atoms with Gasteiger partial charge < -0.3 is 12.4 Å². The first kappa shape index (κ1) is 19.4. The lowest BCUT2D eigenvalue weighted by atomic mass is 10.0. The van der Waals surface area contributed by atoms with Crippen LogP contribution in [0.15, 0.2) is 50.6 Å². The average molecular weight is 471 g/mol. The zero-order valence-corrected chi connectivity index (χ0v) is 18.0. The molecule has 0 unspecified atom stereocenters. The van der Waals surface area contributed by atoms with Crippen molar-refractivity contribution >= 4 is 49.6 Å². The molecule has 0 radical (unpaired) electrons. The molecule has 2 nitrogen and oxygen atoms in total. The summed E-state index contributed by atoms with van der Waals surface area (Å²) in [7, 11) is 0. The van der Waals surface area contributed by atoms with Gasteiger partial charge in [-0.15, -0.1) is 0 Å². The molecule has 0 bridgehead atoms. The molecule has 0 spiro atoms. The minimum Gasteiger partial charge on any atom is -1.00 e. The van der Waals surface area contributed by atoms with Gasteiger partial charge in [-0.2, -0.15) is 4.48 Å². The van der Waals surface area contributed by atoms with Crippen LogP contribution in [0, 0.1) is 27.7 Å². The maximum Gasteiger partial charge on any atom is 0.205 e. The second-order valence-electron chi connectivity index (χ2n) is 6.12. The highest BCUT2D eigenvalue weighted by Crippen LogP contribution is 2.45. The van der Waals surface area contributed by atoms with E-state index in [0.29, 0.717) is 4.48 Å². The van der Waals surface area contributed by atoms with Crippen LogP contribution >= 0.6 is 31.9 Å². The number of quaternary nitrogens is 1. The van der Waals surface area contributed by atoms with Crippen molar-refractivity contribution in [3.63, 3.8) is 0 Å². The van der Waals surface area contributed by atoms with E-state index in [0.717, 1.165) is 8.95 Å². The zero-order valence-electron chi connectivity index (χ0n) is 14.1. The molecule has 24 heavy (non-hydrogen) atoms. The van der Waals surface area contributed by atoms with Crippen molar-refractivity contribution in [1.29, 1.82) is 0 Å². The van der Waals surface area contributed by atoms with E-state index in [1.807, 2.05) is 12.5 Å². The summed E-state index contributed by atoms with van der Waals surface area (Å²) in [5.41, 5.74) is 7.51. The molecule has 0 amide bonds. The number of aryl methyl sites for hydroxylation is 4. The SMILES string of the molecule is Cc1cc(Br)cc(C)c1[N+]1(c2c(C)cc(Br)cc2C)C=CN=C1.[Cl-]. The molecule has 0 N–H and O–H groups in total. The Kier molecular flexibility index (Phi) is 5.75. The van der Waals surface area contributed by atoms with Crippen molar-refractivity contribution < 1.29 is 12.4 Å². The van der Waals surface area contributed by atoms with E-state index in [4.69, 9.17) is 0 Å². The van der Waals surface area contributed by atoms with Crippen LogP contribution in [-0.4, -0.2) is 6.34 Å². The van der Waals surface area contributed by atoms with E-state index in [1.165, 1.54) is 33.6 Å². The van der Waals surface area contributed by atoms with Crippen molar-refractivity contribution in [3.8, 4) is 0 Å². The molecule has 2 aromatic carbocycles. The third-order valence-corrected chi connectivity index (χ3v) is 5.20. The van der Waals surface area contributed by atoms with Gasteiger partial charge in [-0.05, 0) is 52.0 Å². The maximum atomic E-state index is 4.44. The summed E-state index contributed by atoms with van der Waals surface area (Å²) in [5.74, 6) is 0. The van der Waals surface area contributed by atoms with Crippen LogP contribution in [-0.2, 0) is 0 Å². The van der Waals surface area contributed by atoms with Crippen molar-refractivity contribution in [2.45, 2.75) is 27.7 Å². The minimum atomic E-state index is 0. The molecule has 0 aliphatic carbocycles. The van der Waals surface area contributed by atoms with E-state index in [2.05, 4.69) is 95.0 Å². The molecular weight excluding hydrogens is 451 g/mol. The van der Waals surface area contributed by atoms with Crippen LogP contribution in [0.4, 0.5) is 11.4 Å². The highest BCUT2D eigenvalue weighted by Gasteiger charge is 2.38. The van der Waals surface area contributed by atoms with Crippen LogP contribution < -0.4 is 16.9 Å². The Balaban J connectivity index is 0.00000208. The first-order chi connectivity index (χ1) is 10.8. The van der Waals surface area contributed by atoms with Gasteiger partial charge in [0.15, 0.2) is 11.4 Å². The van der Waals surface area contributed by atoms with Crippen molar-refractivity contribution in [1.82, 2.24) is 4.48 Å². The number of aliphatic imine (C=N–C) groups is 1. The lowest BCUT2D eigenvalue weighted by molar-refractivity contribution is -0.00000457. The summed E-state index contributed by atoms with van der Waals surface area (Å²) in [6, 6.07) is 8.69. The third-order valence-electron chi connectivity index (χ3n) is 4.29. The molecule has 0 saturated heterocycles. The molecule has 1 heterocycles. The molecule has 0 fully saturated rings. The van der Waals surface area contributed by atoms with Crippen LogP contribution in [0.2, 0.25) is 0 Å². The molecule has 1 aliphatic heterocycles. The highest BCUT2D eigenvalue weighted by molar-refractivity contribution is 9.10. The number of hydrogen-bond donors (Lipinski definition) is 0. The number of benzene rings is 2. The molecule has 0 atom stereocenters. The largest absolute Gasteiger partial charge is 1.00 e. The second-order valence-corrected chi connectivity index (χ2v) is 7.95. The van der Waals surface area contributed by atoms with E-state index in [9.17, 15) is 0 Å². The lowest BCUT2D eigenvalue weighted by Crippen LogP contribution is -3.00. The first-order valence-electron chi connectivity index (χ1n) is 7.50. The second kappa shape index (κ2) is 7.12. The van der Waals surface area contributed by atoms with Gasteiger partial charge in [0.2, 0.25) is 6.34 Å². The van der Waals surface area contributed by atoms with Gasteiger partial charge in [0.05, 0.1) is 6.20 Å². The van der Waals surface area contributed by atoms with Crippen LogP contribution in [0.25, 0.3) is 0 Å². The molecule has 3 rings (SSSR count). The lowest BCUT2D eigenvalue weighted by Gasteiger charge is -2.32. The van der Waals surface area contributed by atoms with E-state index < -0.39 is 0 Å². The number of rotatable bonds is 2. The molecule has 5 heteroatoms. The van der Waals surface area contributed by atoms with E-state index in [-0.39, 0.29) is 12.4 Å². The van der Waals surface area contributed by atoms with Gasteiger partial charge in [-0.1, -0.05) is 31.9 Å². The Morgan fingerprint density at radius 2 is 1.12 bits per heavy atom. The van der Waals surface area contributed by atoms with E-state index >= 15 is 0 Å². The minimum absolute atomic E-state index is 0. The predicted octanol–water partition coefficient (Wildman–Crippen LogP) is 3.60. The predicted molar refractivity (Wildman–Crippen MR) is 106 cm³/mol. The van der Waals surface area contributed by atoms with E-state index in [1.54, 1.807) is 0 Å². The van der Waals surface area contributed by atoms with Gasteiger partial charge in [0.1, 0.15) is 6.20 Å². The highest BCUT2D eigenvalue weighted by atomic mass is 79.9.